The summed E-state index contributed by atoms with van der Waals surface area (Å²) in [6.45, 7) is 3.16. The molecule has 0 atom stereocenters. The Morgan fingerprint density at radius 2 is 1.61 bits per heavy atom. The fourth-order valence-corrected chi connectivity index (χ4v) is 3.89. The summed E-state index contributed by atoms with van der Waals surface area (Å²) in [5.41, 5.74) is 0.383. The number of hydrogen-bond acceptors (Lipinski definition) is 4. The zero-order valence-corrected chi connectivity index (χ0v) is 13.9. The molecule has 0 aliphatic carbocycles. The summed E-state index contributed by atoms with van der Waals surface area (Å²) in [6.07, 6.45) is 1.77. The maximum Gasteiger partial charge on any atom is 0.251 e. The Hall–Kier alpha value is -1.93. The number of benzene rings is 1. The molecule has 0 spiro atoms. The van der Waals surface area contributed by atoms with Crippen LogP contribution in [-0.4, -0.2) is 50.7 Å². The summed E-state index contributed by atoms with van der Waals surface area (Å²) in [7, 11) is -3.46. The van der Waals surface area contributed by atoms with Gasteiger partial charge in [0.05, 0.1) is 4.90 Å². The van der Waals surface area contributed by atoms with Crippen LogP contribution >= 0.6 is 0 Å². The summed E-state index contributed by atoms with van der Waals surface area (Å²) in [5, 5.41) is 5.23. The predicted molar refractivity (Wildman–Crippen MR) is 85.5 cm³/mol. The van der Waals surface area contributed by atoms with Crippen LogP contribution < -0.4 is 10.6 Å². The number of hydrogen-bond donors (Lipinski definition) is 2. The van der Waals surface area contributed by atoms with E-state index in [1.54, 1.807) is 0 Å². The third kappa shape index (κ3) is 4.52. The van der Waals surface area contributed by atoms with Crippen LogP contribution in [0.5, 0.6) is 0 Å². The molecule has 1 aromatic rings. The van der Waals surface area contributed by atoms with E-state index in [4.69, 9.17) is 0 Å². The van der Waals surface area contributed by atoms with Crippen molar-refractivity contribution >= 4 is 21.8 Å². The Kier molecular flexibility index (Phi) is 5.73. The summed E-state index contributed by atoms with van der Waals surface area (Å²) in [4.78, 5) is 22.8. The van der Waals surface area contributed by atoms with Crippen LogP contribution in [0.25, 0.3) is 0 Å². The van der Waals surface area contributed by atoms with E-state index in [2.05, 4.69) is 10.6 Å². The average Bonchev–Trinajstić information content (AvgIpc) is 3.06. The Morgan fingerprint density at radius 1 is 1.04 bits per heavy atom. The van der Waals surface area contributed by atoms with E-state index in [-0.39, 0.29) is 16.7 Å². The first-order valence-corrected chi connectivity index (χ1v) is 8.98. The first-order valence-electron chi connectivity index (χ1n) is 7.54. The Morgan fingerprint density at radius 3 is 2.17 bits per heavy atom. The normalized spacial score (nSPS) is 15.3. The fraction of sp³-hybridized carbons (Fsp3) is 0.467. The molecular weight excluding hydrogens is 318 g/mol. The van der Waals surface area contributed by atoms with Gasteiger partial charge >= 0.3 is 0 Å². The molecule has 1 saturated heterocycles. The average molecular weight is 339 g/mol. The van der Waals surface area contributed by atoms with Gasteiger partial charge in [-0.05, 0) is 37.1 Å². The van der Waals surface area contributed by atoms with Crippen LogP contribution in [0.15, 0.2) is 29.2 Å². The highest BCUT2D eigenvalue weighted by Gasteiger charge is 2.27. The van der Waals surface area contributed by atoms with E-state index in [1.807, 2.05) is 0 Å². The van der Waals surface area contributed by atoms with Gasteiger partial charge in [-0.15, -0.1) is 0 Å². The van der Waals surface area contributed by atoms with Gasteiger partial charge in [-0.25, -0.2) is 8.42 Å². The predicted octanol–water partition coefficient (Wildman–Crippen LogP) is 0.337. The van der Waals surface area contributed by atoms with Crippen LogP contribution in [0.2, 0.25) is 0 Å². The lowest BCUT2D eigenvalue weighted by atomic mass is 10.2. The molecule has 1 aliphatic heterocycles. The zero-order valence-electron chi connectivity index (χ0n) is 13.0. The minimum absolute atomic E-state index is 0.157. The maximum absolute atomic E-state index is 12.4. The monoisotopic (exact) mass is 339 g/mol. The molecule has 8 heteroatoms. The van der Waals surface area contributed by atoms with Gasteiger partial charge in [-0.3, -0.25) is 9.59 Å². The smallest absolute Gasteiger partial charge is 0.251 e. The summed E-state index contributed by atoms with van der Waals surface area (Å²) < 4.78 is 26.2. The van der Waals surface area contributed by atoms with E-state index in [9.17, 15) is 18.0 Å². The van der Waals surface area contributed by atoms with E-state index >= 15 is 0 Å². The molecule has 0 aromatic heterocycles. The number of amides is 2. The zero-order chi connectivity index (χ0) is 16.9. The maximum atomic E-state index is 12.4. The largest absolute Gasteiger partial charge is 0.355 e. The van der Waals surface area contributed by atoms with Crippen molar-refractivity contribution in [2.45, 2.75) is 24.7 Å². The van der Waals surface area contributed by atoms with E-state index in [0.29, 0.717) is 31.7 Å². The van der Waals surface area contributed by atoms with Crippen LogP contribution in [0.3, 0.4) is 0 Å². The number of carbonyl (C=O) groups is 2. The second-order valence-corrected chi connectivity index (χ2v) is 7.31. The molecular formula is C15H21N3O4S. The molecule has 2 amide bonds. The SMILES string of the molecule is CC(=O)NCCNC(=O)c1ccc(S(=O)(=O)N2CCCC2)cc1. The quantitative estimate of drug-likeness (QED) is 0.731. The van der Waals surface area contributed by atoms with Crippen molar-refractivity contribution in [3.8, 4) is 0 Å². The minimum atomic E-state index is -3.46. The van der Waals surface area contributed by atoms with Crippen molar-refractivity contribution in [3.63, 3.8) is 0 Å². The fourth-order valence-electron chi connectivity index (χ4n) is 2.37. The molecule has 0 bridgehead atoms. The molecule has 7 nitrogen and oxygen atoms in total. The lowest BCUT2D eigenvalue weighted by molar-refractivity contribution is -0.118. The second kappa shape index (κ2) is 7.56. The molecule has 0 saturated carbocycles. The third-order valence-electron chi connectivity index (χ3n) is 3.60. The Balaban J connectivity index is 1.96. The number of carbonyl (C=O) groups excluding carboxylic acids is 2. The van der Waals surface area contributed by atoms with Gasteiger partial charge in [0.2, 0.25) is 15.9 Å². The van der Waals surface area contributed by atoms with Crippen molar-refractivity contribution < 1.29 is 18.0 Å². The number of sulfonamides is 1. The van der Waals surface area contributed by atoms with E-state index in [1.165, 1.54) is 35.5 Å². The molecule has 126 valence electrons. The second-order valence-electron chi connectivity index (χ2n) is 5.37. The van der Waals surface area contributed by atoms with Gasteiger partial charge in [0.1, 0.15) is 0 Å². The van der Waals surface area contributed by atoms with Crippen molar-refractivity contribution in [2.75, 3.05) is 26.2 Å². The highest BCUT2D eigenvalue weighted by Crippen LogP contribution is 2.20. The summed E-state index contributed by atoms with van der Waals surface area (Å²) in [5.74, 6) is -0.462. The molecule has 2 rings (SSSR count). The Labute approximate surface area is 136 Å². The molecule has 23 heavy (non-hydrogen) atoms. The highest BCUT2D eigenvalue weighted by atomic mass is 32.2. The summed E-state index contributed by atoms with van der Waals surface area (Å²) in [6, 6.07) is 5.90. The van der Waals surface area contributed by atoms with Crippen molar-refractivity contribution in [2.24, 2.45) is 0 Å². The van der Waals surface area contributed by atoms with Crippen LogP contribution in [0.1, 0.15) is 30.1 Å². The molecule has 2 N–H and O–H groups in total. The number of nitrogens with one attached hydrogen (secondary N) is 2. The van der Waals surface area contributed by atoms with Gasteiger partial charge in [0.15, 0.2) is 0 Å². The molecule has 1 aliphatic rings. The minimum Gasteiger partial charge on any atom is -0.355 e. The number of rotatable bonds is 6. The van der Waals surface area contributed by atoms with Gasteiger partial charge in [0, 0.05) is 38.7 Å². The lowest BCUT2D eigenvalue weighted by Gasteiger charge is -2.15. The van der Waals surface area contributed by atoms with Crippen molar-refractivity contribution in [1.29, 1.82) is 0 Å². The molecule has 1 heterocycles. The Bertz CT molecular complexity index is 664. The lowest BCUT2D eigenvalue weighted by Crippen LogP contribution is -2.33. The van der Waals surface area contributed by atoms with Crippen molar-refractivity contribution in [3.05, 3.63) is 29.8 Å². The van der Waals surface area contributed by atoms with Crippen LogP contribution in [0.4, 0.5) is 0 Å². The molecule has 1 aromatic carbocycles. The highest BCUT2D eigenvalue weighted by molar-refractivity contribution is 7.89. The van der Waals surface area contributed by atoms with Crippen molar-refractivity contribution in [1.82, 2.24) is 14.9 Å². The van der Waals surface area contributed by atoms with Crippen LogP contribution in [-0.2, 0) is 14.8 Å². The topological polar surface area (TPSA) is 95.6 Å². The molecule has 0 unspecified atom stereocenters. The summed E-state index contributed by atoms with van der Waals surface area (Å²) >= 11 is 0. The third-order valence-corrected chi connectivity index (χ3v) is 5.52. The molecule has 1 fully saturated rings. The van der Waals surface area contributed by atoms with Gasteiger partial charge in [0.25, 0.3) is 5.91 Å². The number of nitrogens with zero attached hydrogens (tertiary/aromatic N) is 1. The van der Waals surface area contributed by atoms with Gasteiger partial charge in [-0.1, -0.05) is 0 Å². The van der Waals surface area contributed by atoms with E-state index in [0.717, 1.165) is 12.8 Å². The van der Waals surface area contributed by atoms with Crippen LogP contribution in [0, 0.1) is 0 Å². The first kappa shape index (κ1) is 17.4. The van der Waals surface area contributed by atoms with E-state index < -0.39 is 10.0 Å². The molecule has 0 radical (unpaired) electrons. The first-order chi connectivity index (χ1) is 10.9. The van der Waals surface area contributed by atoms with Gasteiger partial charge < -0.3 is 10.6 Å². The standard InChI is InChI=1S/C15H21N3O4S/c1-12(19)16-8-9-17-15(20)13-4-6-14(7-5-13)23(21,22)18-10-2-3-11-18/h4-7H,2-3,8-11H2,1H3,(H,16,19)(H,17,20). The van der Waals surface area contributed by atoms with Gasteiger partial charge in [-0.2, -0.15) is 4.31 Å².